The Bertz CT molecular complexity index is 992. The molecule has 0 spiro atoms. The number of benzene rings is 2. The van der Waals surface area contributed by atoms with E-state index in [1.54, 1.807) is 30.3 Å². The summed E-state index contributed by atoms with van der Waals surface area (Å²) in [6.07, 6.45) is -3.69. The summed E-state index contributed by atoms with van der Waals surface area (Å²) in [5.74, 6) is -0.887. The lowest BCUT2D eigenvalue weighted by atomic mass is 9.99. The van der Waals surface area contributed by atoms with Crippen molar-refractivity contribution in [2.75, 3.05) is 18.4 Å². The van der Waals surface area contributed by atoms with E-state index in [1.807, 2.05) is 0 Å². The third-order valence-corrected chi connectivity index (χ3v) is 6.81. The molecule has 1 aliphatic heterocycles. The topological polar surface area (TPSA) is 66.5 Å². The van der Waals surface area contributed by atoms with Crippen molar-refractivity contribution in [1.82, 2.24) is 4.31 Å². The molecule has 0 radical (unpaired) electrons. The second kappa shape index (κ2) is 8.16. The lowest BCUT2D eigenvalue weighted by Crippen LogP contribution is -2.43. The Morgan fingerprint density at radius 2 is 1.83 bits per heavy atom. The van der Waals surface area contributed by atoms with E-state index in [4.69, 9.17) is 0 Å². The molecule has 1 atom stereocenters. The minimum atomic E-state index is -4.64. The Hall–Kier alpha value is -2.39. The Morgan fingerprint density at radius 3 is 2.48 bits per heavy atom. The van der Waals surface area contributed by atoms with Crippen molar-refractivity contribution in [3.05, 3.63) is 59.7 Å². The molecule has 0 aliphatic carbocycles. The Morgan fingerprint density at radius 1 is 1.14 bits per heavy atom. The summed E-state index contributed by atoms with van der Waals surface area (Å²) in [5.41, 5.74) is -0.421. The van der Waals surface area contributed by atoms with Crippen LogP contribution in [0.2, 0.25) is 0 Å². The molecule has 3 rings (SSSR count). The highest BCUT2D eigenvalue weighted by Gasteiger charge is 2.37. The van der Waals surface area contributed by atoms with Gasteiger partial charge in [-0.05, 0) is 49.6 Å². The number of aryl methyl sites for hydroxylation is 1. The Balaban J connectivity index is 1.80. The predicted octanol–water partition coefficient (Wildman–Crippen LogP) is 4.05. The zero-order valence-electron chi connectivity index (χ0n) is 15.7. The van der Waals surface area contributed by atoms with Crippen LogP contribution in [0, 0.1) is 12.8 Å². The second-order valence-corrected chi connectivity index (χ2v) is 8.97. The number of sulfonamides is 1. The van der Waals surface area contributed by atoms with E-state index in [-0.39, 0.29) is 24.6 Å². The van der Waals surface area contributed by atoms with E-state index in [0.29, 0.717) is 24.6 Å². The second-order valence-electron chi connectivity index (χ2n) is 7.03. The van der Waals surface area contributed by atoms with Crippen molar-refractivity contribution in [2.45, 2.75) is 30.8 Å². The third-order valence-electron chi connectivity index (χ3n) is 4.95. The van der Waals surface area contributed by atoms with Gasteiger partial charge in [-0.25, -0.2) is 8.42 Å². The molecule has 1 amide bonds. The number of nitrogens with zero attached hydrogens (tertiary/aromatic N) is 1. The summed E-state index contributed by atoms with van der Waals surface area (Å²) in [6, 6.07) is 11.8. The van der Waals surface area contributed by atoms with Gasteiger partial charge in [-0.15, -0.1) is 0 Å². The van der Waals surface area contributed by atoms with Crippen LogP contribution in [0.3, 0.4) is 0 Å². The van der Waals surface area contributed by atoms with Crippen LogP contribution in [0.5, 0.6) is 0 Å². The first-order chi connectivity index (χ1) is 13.6. The summed E-state index contributed by atoms with van der Waals surface area (Å²) in [4.78, 5) is 12.1. The molecule has 1 N–H and O–H groups in total. The number of carbonyl (C=O) groups is 1. The molecule has 5 nitrogen and oxygen atoms in total. The summed E-state index contributed by atoms with van der Waals surface area (Å²) in [6.45, 7) is 1.37. The quantitative estimate of drug-likeness (QED) is 0.802. The number of nitrogens with one attached hydrogen (secondary N) is 1. The maximum Gasteiger partial charge on any atom is 0.416 e. The molecule has 0 bridgehead atoms. The van der Waals surface area contributed by atoms with Crippen molar-refractivity contribution in [1.29, 1.82) is 0 Å². The number of halogens is 3. The minimum absolute atomic E-state index is 0.0461. The standard InChI is InChI=1S/C20H21F3N2O3S/c1-14-9-10-17(12-18(14)20(21,22)23)29(27,28)25-11-5-6-15(13-25)19(26)24-16-7-3-2-4-8-16/h2-4,7-10,12,15H,5-6,11,13H2,1H3,(H,24,26). The SMILES string of the molecule is Cc1ccc(S(=O)(=O)N2CCCC(C(=O)Nc3ccccc3)C2)cc1C(F)(F)F. The Labute approximate surface area is 167 Å². The summed E-state index contributed by atoms with van der Waals surface area (Å²) < 4.78 is 66.5. The molecular formula is C20H21F3N2O3S. The highest BCUT2D eigenvalue weighted by atomic mass is 32.2. The van der Waals surface area contributed by atoms with E-state index >= 15 is 0 Å². The van der Waals surface area contributed by atoms with Gasteiger partial charge in [0.2, 0.25) is 15.9 Å². The monoisotopic (exact) mass is 426 g/mol. The van der Waals surface area contributed by atoms with E-state index in [1.165, 1.54) is 13.0 Å². The summed E-state index contributed by atoms with van der Waals surface area (Å²) in [7, 11) is -4.15. The number of carbonyl (C=O) groups excluding carboxylic acids is 1. The highest BCUT2D eigenvalue weighted by molar-refractivity contribution is 7.89. The highest BCUT2D eigenvalue weighted by Crippen LogP contribution is 2.34. The summed E-state index contributed by atoms with van der Waals surface area (Å²) >= 11 is 0. The largest absolute Gasteiger partial charge is 0.416 e. The molecule has 1 fully saturated rings. The number of hydrogen-bond acceptors (Lipinski definition) is 3. The van der Waals surface area contributed by atoms with Crippen LogP contribution in [0.4, 0.5) is 18.9 Å². The van der Waals surface area contributed by atoms with Crippen LogP contribution in [-0.4, -0.2) is 31.7 Å². The number of anilines is 1. The number of piperidine rings is 1. The number of alkyl halides is 3. The molecule has 1 aliphatic rings. The number of amides is 1. The first-order valence-electron chi connectivity index (χ1n) is 9.13. The maximum atomic E-state index is 13.2. The molecule has 1 heterocycles. The Kier molecular flexibility index (Phi) is 6.00. The van der Waals surface area contributed by atoms with Gasteiger partial charge in [-0.3, -0.25) is 4.79 Å². The van der Waals surface area contributed by atoms with Crippen LogP contribution in [-0.2, 0) is 21.0 Å². The van der Waals surface area contributed by atoms with Gasteiger partial charge in [0.15, 0.2) is 0 Å². The van der Waals surface area contributed by atoms with Gasteiger partial charge in [0, 0.05) is 18.8 Å². The molecule has 2 aromatic carbocycles. The molecule has 1 unspecified atom stereocenters. The van der Waals surface area contributed by atoms with E-state index in [2.05, 4.69) is 5.32 Å². The molecule has 2 aromatic rings. The van der Waals surface area contributed by atoms with Gasteiger partial charge >= 0.3 is 6.18 Å². The summed E-state index contributed by atoms with van der Waals surface area (Å²) in [5, 5.41) is 2.75. The first kappa shape index (κ1) is 21.3. The number of para-hydroxylation sites is 1. The lowest BCUT2D eigenvalue weighted by Gasteiger charge is -2.31. The van der Waals surface area contributed by atoms with Crippen LogP contribution in [0.15, 0.2) is 53.4 Å². The zero-order valence-corrected chi connectivity index (χ0v) is 16.6. The fraction of sp³-hybridized carbons (Fsp3) is 0.350. The smallest absolute Gasteiger partial charge is 0.326 e. The number of rotatable bonds is 4. The van der Waals surface area contributed by atoms with Crippen LogP contribution >= 0.6 is 0 Å². The third kappa shape index (κ3) is 4.79. The van der Waals surface area contributed by atoms with Crippen molar-refractivity contribution >= 4 is 21.6 Å². The van der Waals surface area contributed by atoms with E-state index < -0.39 is 32.6 Å². The number of hydrogen-bond donors (Lipinski definition) is 1. The lowest BCUT2D eigenvalue weighted by molar-refractivity contribution is -0.138. The van der Waals surface area contributed by atoms with Crippen molar-refractivity contribution in [3.63, 3.8) is 0 Å². The fourth-order valence-electron chi connectivity index (χ4n) is 3.36. The van der Waals surface area contributed by atoms with E-state index in [0.717, 1.165) is 10.4 Å². The average Bonchev–Trinajstić information content (AvgIpc) is 2.68. The predicted molar refractivity (Wildman–Crippen MR) is 103 cm³/mol. The molecular weight excluding hydrogens is 405 g/mol. The molecule has 0 aromatic heterocycles. The van der Waals surface area contributed by atoms with Gasteiger partial charge < -0.3 is 5.32 Å². The molecule has 0 saturated carbocycles. The van der Waals surface area contributed by atoms with Crippen molar-refractivity contribution in [2.24, 2.45) is 5.92 Å². The van der Waals surface area contributed by atoms with Crippen LogP contribution in [0.25, 0.3) is 0 Å². The van der Waals surface area contributed by atoms with E-state index in [9.17, 15) is 26.4 Å². The molecule has 29 heavy (non-hydrogen) atoms. The van der Waals surface area contributed by atoms with Crippen molar-refractivity contribution < 1.29 is 26.4 Å². The van der Waals surface area contributed by atoms with Gasteiger partial charge in [-0.1, -0.05) is 24.3 Å². The van der Waals surface area contributed by atoms with Gasteiger partial charge in [0.05, 0.1) is 16.4 Å². The first-order valence-corrected chi connectivity index (χ1v) is 10.6. The van der Waals surface area contributed by atoms with Gasteiger partial charge in [0.1, 0.15) is 0 Å². The molecule has 9 heteroatoms. The molecule has 1 saturated heterocycles. The normalized spacial score (nSPS) is 18.4. The van der Waals surface area contributed by atoms with Gasteiger partial charge in [0.25, 0.3) is 0 Å². The fourth-order valence-corrected chi connectivity index (χ4v) is 4.91. The van der Waals surface area contributed by atoms with Crippen molar-refractivity contribution in [3.8, 4) is 0 Å². The zero-order chi connectivity index (χ0) is 21.2. The molecule has 156 valence electrons. The van der Waals surface area contributed by atoms with Crippen LogP contribution in [0.1, 0.15) is 24.0 Å². The minimum Gasteiger partial charge on any atom is -0.326 e. The average molecular weight is 426 g/mol. The maximum absolute atomic E-state index is 13.2. The van der Waals surface area contributed by atoms with Crippen LogP contribution < -0.4 is 5.32 Å². The van der Waals surface area contributed by atoms with Gasteiger partial charge in [-0.2, -0.15) is 17.5 Å².